The van der Waals surface area contributed by atoms with Crippen molar-refractivity contribution in [2.45, 2.75) is 33.6 Å². The van der Waals surface area contributed by atoms with Gasteiger partial charge in [0.1, 0.15) is 5.75 Å². The second-order valence-corrected chi connectivity index (χ2v) is 6.86. The number of rotatable bonds is 8. The maximum Gasteiger partial charge on any atom is 0.243 e. The van der Waals surface area contributed by atoms with Crippen molar-refractivity contribution in [1.29, 1.82) is 0 Å². The van der Waals surface area contributed by atoms with Gasteiger partial charge in [-0.25, -0.2) is 0 Å². The molecule has 0 bridgehead atoms. The molecule has 0 aromatic heterocycles. The van der Waals surface area contributed by atoms with Crippen molar-refractivity contribution in [1.82, 2.24) is 5.32 Å². The molecule has 0 saturated heterocycles. The number of hydrogen-bond acceptors (Lipinski definition) is 3. The number of hydrogen-bond donors (Lipinski definition) is 2. The highest BCUT2D eigenvalue weighted by Crippen LogP contribution is 2.21. The summed E-state index contributed by atoms with van der Waals surface area (Å²) in [4.78, 5) is 23.9. The average molecular weight is 389 g/mol. The van der Waals surface area contributed by atoms with Crippen LogP contribution in [0, 0.1) is 20.8 Å². The lowest BCUT2D eigenvalue weighted by Crippen LogP contribution is -2.33. The standard InChI is InChI=1S/C21H25ClN2O3/c1-14-6-4-7-15(2)21(14)24-20(26)13-23-19(25)8-5-11-27-17-9-10-18(22)16(3)12-17/h4,6-7,9-10,12H,5,8,11,13H2,1-3H3,(H,23,25)(H,24,26). The molecule has 0 saturated carbocycles. The number of carbonyl (C=O) groups excluding carboxylic acids is 2. The highest BCUT2D eigenvalue weighted by molar-refractivity contribution is 6.31. The summed E-state index contributed by atoms with van der Waals surface area (Å²) in [6.45, 7) is 6.14. The van der Waals surface area contributed by atoms with Crippen LogP contribution < -0.4 is 15.4 Å². The molecule has 0 unspecified atom stereocenters. The van der Waals surface area contributed by atoms with Gasteiger partial charge in [-0.15, -0.1) is 0 Å². The Morgan fingerprint density at radius 2 is 1.70 bits per heavy atom. The van der Waals surface area contributed by atoms with E-state index < -0.39 is 0 Å². The lowest BCUT2D eigenvalue weighted by Gasteiger charge is -2.12. The average Bonchev–Trinajstić information content (AvgIpc) is 2.63. The van der Waals surface area contributed by atoms with Crippen LogP contribution in [0.3, 0.4) is 0 Å². The molecule has 2 aromatic carbocycles. The van der Waals surface area contributed by atoms with Crippen LogP contribution in [0.1, 0.15) is 29.5 Å². The molecule has 2 rings (SSSR count). The van der Waals surface area contributed by atoms with Crippen LogP contribution in [0.4, 0.5) is 5.69 Å². The maximum atomic E-state index is 12.0. The van der Waals surface area contributed by atoms with E-state index in [4.69, 9.17) is 16.3 Å². The predicted octanol–water partition coefficient (Wildman–Crippen LogP) is 4.18. The molecule has 0 fully saturated rings. The molecule has 0 spiro atoms. The molecule has 2 aromatic rings. The fourth-order valence-electron chi connectivity index (χ4n) is 2.59. The minimum Gasteiger partial charge on any atom is -0.494 e. The third-order valence-electron chi connectivity index (χ3n) is 4.14. The van der Waals surface area contributed by atoms with Crippen molar-refractivity contribution in [2.75, 3.05) is 18.5 Å². The lowest BCUT2D eigenvalue weighted by atomic mass is 10.1. The minimum absolute atomic E-state index is 0.0517. The molecule has 0 radical (unpaired) electrons. The van der Waals surface area contributed by atoms with E-state index in [1.165, 1.54) is 0 Å². The van der Waals surface area contributed by atoms with Gasteiger partial charge in [-0.05, 0) is 62.1 Å². The van der Waals surface area contributed by atoms with E-state index in [9.17, 15) is 9.59 Å². The van der Waals surface area contributed by atoms with Crippen molar-refractivity contribution in [3.63, 3.8) is 0 Å². The van der Waals surface area contributed by atoms with Gasteiger partial charge in [0, 0.05) is 17.1 Å². The number of halogens is 1. The number of para-hydroxylation sites is 1. The highest BCUT2D eigenvalue weighted by atomic mass is 35.5. The topological polar surface area (TPSA) is 67.4 Å². The van der Waals surface area contributed by atoms with Crippen molar-refractivity contribution in [3.8, 4) is 5.75 Å². The van der Waals surface area contributed by atoms with E-state index in [0.29, 0.717) is 24.5 Å². The Balaban J connectivity index is 1.67. The summed E-state index contributed by atoms with van der Waals surface area (Å²) in [5.74, 6) is 0.307. The fraction of sp³-hybridized carbons (Fsp3) is 0.333. The molecule has 5 nitrogen and oxygen atoms in total. The van der Waals surface area contributed by atoms with Gasteiger partial charge in [0.25, 0.3) is 0 Å². The first-order valence-electron chi connectivity index (χ1n) is 8.88. The van der Waals surface area contributed by atoms with Crippen LogP contribution in [0.5, 0.6) is 5.75 Å². The summed E-state index contributed by atoms with van der Waals surface area (Å²) in [6, 6.07) is 11.3. The van der Waals surface area contributed by atoms with Gasteiger partial charge in [0.05, 0.1) is 13.2 Å². The van der Waals surface area contributed by atoms with Gasteiger partial charge >= 0.3 is 0 Å². The number of anilines is 1. The normalized spacial score (nSPS) is 10.4. The molecule has 2 N–H and O–H groups in total. The molecule has 0 aliphatic rings. The Hall–Kier alpha value is -2.53. The highest BCUT2D eigenvalue weighted by Gasteiger charge is 2.09. The van der Waals surface area contributed by atoms with Gasteiger partial charge in [-0.1, -0.05) is 29.8 Å². The molecule has 27 heavy (non-hydrogen) atoms. The lowest BCUT2D eigenvalue weighted by molar-refractivity contribution is -0.124. The first kappa shape index (κ1) is 20.8. The van der Waals surface area contributed by atoms with Crippen LogP contribution in [0.15, 0.2) is 36.4 Å². The molecule has 0 heterocycles. The van der Waals surface area contributed by atoms with Gasteiger partial charge < -0.3 is 15.4 Å². The summed E-state index contributed by atoms with van der Waals surface area (Å²) in [5, 5.41) is 6.17. The van der Waals surface area contributed by atoms with Crippen LogP contribution in [-0.2, 0) is 9.59 Å². The molecule has 144 valence electrons. The predicted molar refractivity (Wildman–Crippen MR) is 108 cm³/mol. The van der Waals surface area contributed by atoms with E-state index in [-0.39, 0.29) is 18.4 Å². The molecule has 0 aliphatic heterocycles. The molecule has 0 atom stereocenters. The van der Waals surface area contributed by atoms with E-state index in [0.717, 1.165) is 28.1 Å². The Morgan fingerprint density at radius 1 is 1.00 bits per heavy atom. The first-order valence-corrected chi connectivity index (χ1v) is 9.26. The summed E-state index contributed by atoms with van der Waals surface area (Å²) in [7, 11) is 0. The number of amides is 2. The smallest absolute Gasteiger partial charge is 0.243 e. The summed E-state index contributed by atoms with van der Waals surface area (Å²) in [5.41, 5.74) is 3.72. The van der Waals surface area contributed by atoms with Crippen LogP contribution in [0.2, 0.25) is 5.02 Å². The van der Waals surface area contributed by atoms with Crippen molar-refractivity contribution >= 4 is 29.1 Å². The van der Waals surface area contributed by atoms with Gasteiger partial charge in [-0.2, -0.15) is 0 Å². The van der Waals surface area contributed by atoms with Gasteiger partial charge in [0.2, 0.25) is 11.8 Å². The minimum atomic E-state index is -0.242. The van der Waals surface area contributed by atoms with E-state index >= 15 is 0 Å². The number of benzene rings is 2. The first-order chi connectivity index (χ1) is 12.9. The van der Waals surface area contributed by atoms with E-state index in [1.54, 1.807) is 12.1 Å². The van der Waals surface area contributed by atoms with Gasteiger partial charge in [-0.3, -0.25) is 9.59 Å². The summed E-state index contributed by atoms with van der Waals surface area (Å²) < 4.78 is 5.61. The number of aryl methyl sites for hydroxylation is 3. The third kappa shape index (κ3) is 6.61. The summed E-state index contributed by atoms with van der Waals surface area (Å²) >= 11 is 5.97. The number of carbonyl (C=O) groups is 2. The van der Waals surface area contributed by atoms with Crippen LogP contribution in [-0.4, -0.2) is 25.0 Å². The van der Waals surface area contributed by atoms with Crippen molar-refractivity contribution in [3.05, 3.63) is 58.1 Å². The fourth-order valence-corrected chi connectivity index (χ4v) is 2.71. The number of ether oxygens (including phenoxy) is 1. The zero-order valence-corrected chi connectivity index (χ0v) is 16.7. The second kappa shape index (κ2) is 9.97. The zero-order valence-electron chi connectivity index (χ0n) is 15.9. The van der Waals surface area contributed by atoms with E-state index in [1.807, 2.05) is 45.0 Å². The summed E-state index contributed by atoms with van der Waals surface area (Å²) in [6.07, 6.45) is 0.856. The molecular weight excluding hydrogens is 364 g/mol. The van der Waals surface area contributed by atoms with Gasteiger partial charge in [0.15, 0.2) is 0 Å². The molecular formula is C21H25ClN2O3. The Kier molecular flexibility index (Phi) is 7.67. The Morgan fingerprint density at radius 3 is 2.37 bits per heavy atom. The zero-order chi connectivity index (χ0) is 19.8. The quantitative estimate of drug-likeness (QED) is 0.666. The van der Waals surface area contributed by atoms with Crippen LogP contribution in [0.25, 0.3) is 0 Å². The SMILES string of the molecule is Cc1cc(OCCCC(=O)NCC(=O)Nc2c(C)cccc2C)ccc1Cl. The maximum absolute atomic E-state index is 12.0. The largest absolute Gasteiger partial charge is 0.494 e. The number of nitrogens with one attached hydrogen (secondary N) is 2. The molecule has 6 heteroatoms. The van der Waals surface area contributed by atoms with Crippen LogP contribution >= 0.6 is 11.6 Å². The second-order valence-electron chi connectivity index (χ2n) is 6.45. The van der Waals surface area contributed by atoms with E-state index in [2.05, 4.69) is 10.6 Å². The van der Waals surface area contributed by atoms with Crippen molar-refractivity contribution in [2.24, 2.45) is 0 Å². The third-order valence-corrected chi connectivity index (χ3v) is 4.56. The monoisotopic (exact) mass is 388 g/mol. The molecule has 2 amide bonds. The molecule has 0 aliphatic carbocycles. The van der Waals surface area contributed by atoms with Crippen molar-refractivity contribution < 1.29 is 14.3 Å². The Bertz CT molecular complexity index is 801. The Labute approximate surface area is 165 Å².